The van der Waals surface area contributed by atoms with Gasteiger partial charge in [0.25, 0.3) is 0 Å². The first-order valence-corrected chi connectivity index (χ1v) is 6.60. The second-order valence-corrected chi connectivity index (χ2v) is 5.83. The van der Waals surface area contributed by atoms with Crippen LogP contribution in [0.2, 0.25) is 0 Å². The van der Waals surface area contributed by atoms with Crippen molar-refractivity contribution in [3.05, 3.63) is 29.8 Å². The van der Waals surface area contributed by atoms with Crippen LogP contribution in [0.25, 0.3) is 0 Å². The summed E-state index contributed by atoms with van der Waals surface area (Å²) in [5, 5.41) is 8.48. The van der Waals surface area contributed by atoms with Crippen LogP contribution < -0.4 is 0 Å². The number of halogens is 5. The van der Waals surface area contributed by atoms with Crippen LogP contribution in [0.1, 0.15) is 0 Å². The predicted molar refractivity (Wildman–Crippen MR) is 58.8 cm³/mol. The number of carboxylic acids is 1. The zero-order chi connectivity index (χ0) is 16.4. The zero-order valence-corrected chi connectivity index (χ0v) is 10.9. The van der Waals surface area contributed by atoms with Gasteiger partial charge in [-0.1, -0.05) is 0 Å². The van der Waals surface area contributed by atoms with Crippen molar-refractivity contribution in [2.75, 3.05) is 13.1 Å². The highest BCUT2D eigenvalue weighted by Crippen LogP contribution is 2.23. The monoisotopic (exact) mass is 333 g/mol. The van der Waals surface area contributed by atoms with Gasteiger partial charge in [0.2, 0.25) is 10.0 Å². The van der Waals surface area contributed by atoms with Gasteiger partial charge in [-0.05, 0) is 12.1 Å². The molecule has 21 heavy (non-hydrogen) atoms. The van der Waals surface area contributed by atoms with Gasteiger partial charge in [-0.25, -0.2) is 17.2 Å². The third-order valence-electron chi connectivity index (χ3n) is 2.14. The molecule has 1 aromatic carbocycles. The molecule has 0 atom stereocenters. The van der Waals surface area contributed by atoms with E-state index in [0.29, 0.717) is 18.2 Å². The highest BCUT2D eigenvalue weighted by atomic mass is 32.2. The van der Waals surface area contributed by atoms with Gasteiger partial charge in [-0.2, -0.15) is 17.5 Å². The minimum Gasteiger partial charge on any atom is -0.480 e. The number of nitrogens with zero attached hydrogens (tertiary/aromatic N) is 1. The molecule has 0 saturated heterocycles. The molecule has 1 rings (SSSR count). The third kappa shape index (κ3) is 4.93. The minimum absolute atomic E-state index is 0.295. The van der Waals surface area contributed by atoms with E-state index in [2.05, 4.69) is 0 Å². The molecular formula is C10H8F5NO4S. The van der Waals surface area contributed by atoms with Crippen LogP contribution in [0, 0.1) is 11.6 Å². The van der Waals surface area contributed by atoms with E-state index in [1.54, 1.807) is 0 Å². The Labute approximate surface area is 115 Å². The van der Waals surface area contributed by atoms with E-state index in [4.69, 9.17) is 5.11 Å². The average molecular weight is 333 g/mol. The van der Waals surface area contributed by atoms with Gasteiger partial charge in [-0.3, -0.25) is 4.79 Å². The van der Waals surface area contributed by atoms with E-state index in [-0.39, 0.29) is 0 Å². The Balaban J connectivity index is 3.29. The number of aliphatic carboxylic acids is 1. The summed E-state index contributed by atoms with van der Waals surface area (Å²) in [4.78, 5) is 9.38. The summed E-state index contributed by atoms with van der Waals surface area (Å²) < 4.78 is 86.2. The Kier molecular flexibility index (Phi) is 4.89. The van der Waals surface area contributed by atoms with E-state index in [9.17, 15) is 35.2 Å². The Morgan fingerprint density at radius 2 is 1.62 bits per heavy atom. The Bertz CT molecular complexity index is 623. The predicted octanol–water partition coefficient (Wildman–Crippen LogP) is 1.60. The summed E-state index contributed by atoms with van der Waals surface area (Å²) >= 11 is 0. The Hall–Kier alpha value is -1.75. The number of rotatable bonds is 5. The molecule has 0 saturated carbocycles. The molecule has 0 aromatic heterocycles. The van der Waals surface area contributed by atoms with Crippen LogP contribution in [0.3, 0.4) is 0 Å². The molecule has 0 aliphatic rings. The lowest BCUT2D eigenvalue weighted by Crippen LogP contribution is -2.42. The molecular weight excluding hydrogens is 325 g/mol. The van der Waals surface area contributed by atoms with Crippen molar-refractivity contribution in [3.8, 4) is 0 Å². The first-order chi connectivity index (χ1) is 9.41. The molecule has 0 spiro atoms. The normalized spacial score (nSPS) is 12.7. The standard InChI is InChI=1S/C10H8F5NO4S/c11-6-1-7(12)3-8(2-6)21(19,20)16(4-9(17)18)5-10(13,14)15/h1-3H,4-5H2,(H,17,18). The first-order valence-electron chi connectivity index (χ1n) is 5.16. The van der Waals surface area contributed by atoms with Gasteiger partial charge in [0.1, 0.15) is 24.7 Å². The lowest BCUT2D eigenvalue weighted by molar-refractivity contribution is -0.146. The van der Waals surface area contributed by atoms with E-state index in [1.165, 1.54) is 0 Å². The summed E-state index contributed by atoms with van der Waals surface area (Å²) in [6.07, 6.45) is -5.02. The minimum atomic E-state index is -5.02. The maximum Gasteiger partial charge on any atom is 0.402 e. The largest absolute Gasteiger partial charge is 0.480 e. The van der Waals surface area contributed by atoms with Gasteiger partial charge in [0.15, 0.2) is 0 Å². The van der Waals surface area contributed by atoms with Gasteiger partial charge < -0.3 is 5.11 Å². The van der Waals surface area contributed by atoms with Crippen molar-refractivity contribution in [1.82, 2.24) is 4.31 Å². The maximum absolute atomic E-state index is 13.0. The fourth-order valence-corrected chi connectivity index (χ4v) is 2.82. The number of sulfonamides is 1. The highest BCUT2D eigenvalue weighted by molar-refractivity contribution is 7.89. The Morgan fingerprint density at radius 1 is 1.14 bits per heavy atom. The van der Waals surface area contributed by atoms with E-state index in [0.717, 1.165) is 0 Å². The van der Waals surface area contributed by atoms with Crippen molar-refractivity contribution in [2.45, 2.75) is 11.1 Å². The quantitative estimate of drug-likeness (QED) is 0.831. The molecule has 0 aliphatic carbocycles. The summed E-state index contributed by atoms with van der Waals surface area (Å²) in [5.74, 6) is -4.49. The maximum atomic E-state index is 13.0. The summed E-state index contributed by atoms with van der Waals surface area (Å²) in [6.45, 7) is -3.60. The number of hydrogen-bond acceptors (Lipinski definition) is 3. The average Bonchev–Trinajstić information content (AvgIpc) is 2.24. The van der Waals surface area contributed by atoms with Crippen LogP contribution in [0.15, 0.2) is 23.1 Å². The van der Waals surface area contributed by atoms with Crippen molar-refractivity contribution in [2.24, 2.45) is 0 Å². The molecule has 1 aromatic rings. The number of alkyl halides is 3. The lowest BCUT2D eigenvalue weighted by atomic mass is 10.3. The fraction of sp³-hybridized carbons (Fsp3) is 0.300. The molecule has 5 nitrogen and oxygen atoms in total. The highest BCUT2D eigenvalue weighted by Gasteiger charge is 2.38. The molecule has 118 valence electrons. The third-order valence-corrected chi connectivity index (χ3v) is 3.91. The molecule has 0 aliphatic heterocycles. The van der Waals surface area contributed by atoms with Crippen molar-refractivity contribution < 1.29 is 40.3 Å². The number of carboxylic acid groups (broad SMARTS) is 1. The fourth-order valence-electron chi connectivity index (χ4n) is 1.40. The van der Waals surface area contributed by atoms with Crippen molar-refractivity contribution >= 4 is 16.0 Å². The molecule has 0 fully saturated rings. The molecule has 0 radical (unpaired) electrons. The molecule has 11 heteroatoms. The second-order valence-electron chi connectivity index (χ2n) is 3.89. The summed E-state index contributed by atoms with van der Waals surface area (Å²) in [7, 11) is -5.02. The van der Waals surface area contributed by atoms with Gasteiger partial charge >= 0.3 is 12.1 Å². The molecule has 0 unspecified atom stereocenters. The van der Waals surface area contributed by atoms with Crippen LogP contribution in [-0.2, 0) is 14.8 Å². The summed E-state index contributed by atoms with van der Waals surface area (Å²) in [5.41, 5.74) is 0. The topological polar surface area (TPSA) is 74.7 Å². The first kappa shape index (κ1) is 17.3. The van der Waals surface area contributed by atoms with Crippen molar-refractivity contribution in [3.63, 3.8) is 0 Å². The molecule has 1 N–H and O–H groups in total. The number of hydrogen-bond donors (Lipinski definition) is 1. The number of benzene rings is 1. The SMILES string of the molecule is O=C(O)CN(CC(F)(F)F)S(=O)(=O)c1cc(F)cc(F)c1. The molecule has 0 heterocycles. The van der Waals surface area contributed by atoms with E-state index in [1.807, 2.05) is 0 Å². The second kappa shape index (κ2) is 5.93. The lowest BCUT2D eigenvalue weighted by Gasteiger charge is -2.21. The van der Waals surface area contributed by atoms with Crippen LogP contribution in [0.4, 0.5) is 22.0 Å². The van der Waals surface area contributed by atoms with Crippen LogP contribution >= 0.6 is 0 Å². The van der Waals surface area contributed by atoms with Crippen LogP contribution in [-0.4, -0.2) is 43.1 Å². The summed E-state index contributed by atoms with van der Waals surface area (Å²) in [6, 6.07) is 0.914. The van der Waals surface area contributed by atoms with Gasteiger partial charge in [0.05, 0.1) is 4.90 Å². The van der Waals surface area contributed by atoms with E-state index >= 15 is 0 Å². The van der Waals surface area contributed by atoms with E-state index < -0.39 is 56.1 Å². The Morgan fingerprint density at radius 3 is 2.00 bits per heavy atom. The smallest absolute Gasteiger partial charge is 0.402 e. The van der Waals surface area contributed by atoms with Crippen LogP contribution in [0.5, 0.6) is 0 Å². The van der Waals surface area contributed by atoms with Crippen molar-refractivity contribution in [1.29, 1.82) is 0 Å². The molecule has 0 amide bonds. The number of carbonyl (C=O) groups is 1. The van der Waals surface area contributed by atoms with Gasteiger partial charge in [0, 0.05) is 6.07 Å². The van der Waals surface area contributed by atoms with Gasteiger partial charge in [-0.15, -0.1) is 0 Å². The molecule has 0 bridgehead atoms. The zero-order valence-electron chi connectivity index (χ0n) is 10.1.